The molecule has 0 fully saturated rings. The van der Waals surface area contributed by atoms with Crippen LogP contribution in [0.25, 0.3) is 10.6 Å². The van der Waals surface area contributed by atoms with Gasteiger partial charge in [0.25, 0.3) is 5.91 Å². The molecule has 6 nitrogen and oxygen atoms in total. The van der Waals surface area contributed by atoms with Gasteiger partial charge in [0.2, 0.25) is 0 Å². The zero-order valence-corrected chi connectivity index (χ0v) is 22.6. The van der Waals surface area contributed by atoms with Crippen molar-refractivity contribution in [3.8, 4) is 16.3 Å². The number of benzene rings is 2. The molecule has 204 valence electrons. The molecule has 2 aromatic heterocycles. The third-order valence-corrected chi connectivity index (χ3v) is 7.38. The molecular weight excluding hydrogens is 525 g/mol. The fourth-order valence-electron chi connectivity index (χ4n) is 4.17. The minimum atomic E-state index is -4.79. The summed E-state index contributed by atoms with van der Waals surface area (Å²) in [4.78, 5) is 22.8. The highest BCUT2D eigenvalue weighted by molar-refractivity contribution is 7.17. The molecule has 4 rings (SSSR count). The summed E-state index contributed by atoms with van der Waals surface area (Å²) in [5, 5.41) is 2.84. The number of rotatable bonds is 10. The van der Waals surface area contributed by atoms with Gasteiger partial charge >= 0.3 is 6.18 Å². The highest BCUT2D eigenvalue weighted by atomic mass is 32.1. The molecule has 10 heteroatoms. The first-order valence-corrected chi connectivity index (χ1v) is 13.2. The second-order valence-electron chi connectivity index (χ2n) is 8.98. The first-order valence-electron chi connectivity index (χ1n) is 12.4. The lowest BCUT2D eigenvalue weighted by molar-refractivity contribution is -0.141. The summed E-state index contributed by atoms with van der Waals surface area (Å²) in [6.45, 7) is 5.64. The van der Waals surface area contributed by atoms with E-state index in [2.05, 4.69) is 20.2 Å². The standard InChI is InChI=1S/C29H29F3N4O2S/c1-4-36(17-20-12-14-33-15-13-20)18-22-8-5-6-11-24(22)28-35-26(29(30,31)32)25(39-28)27(37)34-19(2)21-9-7-10-23(16-21)38-3/h5-16,19H,4,17-18H2,1-3H3,(H,34,37)/t19-/m0/s1. The van der Waals surface area contributed by atoms with Crippen molar-refractivity contribution in [3.63, 3.8) is 0 Å². The molecule has 39 heavy (non-hydrogen) atoms. The first kappa shape index (κ1) is 28.3. The number of aromatic nitrogens is 2. The van der Waals surface area contributed by atoms with Crippen LogP contribution in [0.3, 0.4) is 0 Å². The molecule has 1 atom stereocenters. The number of ether oxygens (including phenoxy) is 1. The van der Waals surface area contributed by atoms with Crippen LogP contribution in [0.5, 0.6) is 5.75 Å². The first-order chi connectivity index (χ1) is 18.7. The minimum Gasteiger partial charge on any atom is -0.497 e. The van der Waals surface area contributed by atoms with Crippen molar-refractivity contribution < 1.29 is 22.7 Å². The van der Waals surface area contributed by atoms with Crippen LogP contribution in [0.1, 0.15) is 51.9 Å². The minimum absolute atomic E-state index is 0.150. The summed E-state index contributed by atoms with van der Waals surface area (Å²) >= 11 is 0.751. The van der Waals surface area contributed by atoms with Gasteiger partial charge in [-0.2, -0.15) is 13.2 Å². The zero-order chi connectivity index (χ0) is 28.0. The Labute approximate surface area is 229 Å². The molecule has 0 saturated heterocycles. The zero-order valence-electron chi connectivity index (χ0n) is 21.8. The van der Waals surface area contributed by atoms with E-state index in [9.17, 15) is 18.0 Å². The van der Waals surface area contributed by atoms with Crippen molar-refractivity contribution >= 4 is 17.2 Å². The highest BCUT2D eigenvalue weighted by Crippen LogP contribution is 2.39. The number of hydrogen-bond donors (Lipinski definition) is 1. The summed E-state index contributed by atoms with van der Waals surface area (Å²) in [5.74, 6) is -0.238. The number of methoxy groups -OCH3 is 1. The summed E-state index contributed by atoms with van der Waals surface area (Å²) in [7, 11) is 1.52. The number of nitrogens with one attached hydrogen (secondary N) is 1. The molecule has 0 aliphatic rings. The van der Waals surface area contributed by atoms with Crippen molar-refractivity contribution in [2.45, 2.75) is 39.2 Å². The number of pyridine rings is 1. The molecule has 0 bridgehead atoms. The molecule has 2 aromatic carbocycles. The molecule has 2 heterocycles. The fraction of sp³-hybridized carbons (Fsp3) is 0.276. The number of nitrogens with zero attached hydrogens (tertiary/aromatic N) is 3. The van der Waals surface area contributed by atoms with Gasteiger partial charge in [0.15, 0.2) is 5.69 Å². The lowest BCUT2D eigenvalue weighted by Gasteiger charge is -2.21. The monoisotopic (exact) mass is 554 g/mol. The number of thiazole rings is 1. The normalized spacial score (nSPS) is 12.4. The molecule has 0 spiro atoms. The predicted molar refractivity (Wildman–Crippen MR) is 145 cm³/mol. The van der Waals surface area contributed by atoms with Gasteiger partial charge in [-0.25, -0.2) is 4.98 Å². The topological polar surface area (TPSA) is 67.4 Å². The molecule has 0 unspecified atom stereocenters. The molecule has 1 amide bonds. The van der Waals surface area contributed by atoms with Crippen molar-refractivity contribution in [1.29, 1.82) is 0 Å². The number of carbonyl (C=O) groups excluding carboxylic acids is 1. The Kier molecular flexibility index (Phi) is 8.98. The van der Waals surface area contributed by atoms with E-state index in [-0.39, 0.29) is 5.01 Å². The second-order valence-corrected chi connectivity index (χ2v) is 9.98. The Balaban J connectivity index is 1.62. The van der Waals surface area contributed by atoms with E-state index in [0.717, 1.165) is 29.0 Å². The van der Waals surface area contributed by atoms with Crippen molar-refractivity contribution in [3.05, 3.63) is 100 Å². The van der Waals surface area contributed by atoms with E-state index >= 15 is 0 Å². The number of alkyl halides is 3. The Morgan fingerprint density at radius 2 is 1.82 bits per heavy atom. The third kappa shape index (κ3) is 7.01. The average Bonchev–Trinajstić information content (AvgIpc) is 3.40. The number of amides is 1. The third-order valence-electron chi connectivity index (χ3n) is 6.29. The molecule has 4 aromatic rings. The van der Waals surface area contributed by atoms with Gasteiger partial charge < -0.3 is 10.1 Å². The SMILES string of the molecule is CCN(Cc1ccncc1)Cc1ccccc1-c1nc(C(F)(F)F)c(C(=O)N[C@@H](C)c2cccc(OC)c2)s1. The summed E-state index contributed by atoms with van der Waals surface area (Å²) in [6, 6.07) is 17.6. The Morgan fingerprint density at radius 1 is 1.08 bits per heavy atom. The van der Waals surface area contributed by atoms with Gasteiger partial charge in [-0.3, -0.25) is 14.7 Å². The maximum absolute atomic E-state index is 14.0. The maximum atomic E-state index is 14.0. The lowest BCUT2D eigenvalue weighted by atomic mass is 10.1. The fourth-order valence-corrected chi connectivity index (χ4v) is 5.22. The van der Waals surface area contributed by atoms with Crippen molar-refractivity contribution in [2.75, 3.05) is 13.7 Å². The van der Waals surface area contributed by atoms with E-state index in [1.54, 1.807) is 55.7 Å². The van der Waals surface area contributed by atoms with Crippen LogP contribution in [0, 0.1) is 0 Å². The van der Waals surface area contributed by atoms with Crippen LogP contribution in [-0.4, -0.2) is 34.4 Å². The van der Waals surface area contributed by atoms with Gasteiger partial charge in [0.1, 0.15) is 15.6 Å². The van der Waals surface area contributed by atoms with Gasteiger partial charge in [0.05, 0.1) is 13.2 Å². The van der Waals surface area contributed by atoms with Gasteiger partial charge in [-0.1, -0.05) is 43.3 Å². The van der Waals surface area contributed by atoms with Crippen LogP contribution in [0.4, 0.5) is 13.2 Å². The van der Waals surface area contributed by atoms with E-state index in [0.29, 0.717) is 30.0 Å². The van der Waals surface area contributed by atoms with Crippen molar-refractivity contribution in [1.82, 2.24) is 20.2 Å². The molecule has 0 radical (unpaired) electrons. The number of hydrogen-bond acceptors (Lipinski definition) is 6. The molecule has 0 aliphatic heterocycles. The lowest BCUT2D eigenvalue weighted by Crippen LogP contribution is -2.28. The number of carbonyl (C=O) groups is 1. The summed E-state index contributed by atoms with van der Waals surface area (Å²) < 4.78 is 47.3. The smallest absolute Gasteiger partial charge is 0.435 e. The van der Waals surface area contributed by atoms with Crippen LogP contribution in [0.2, 0.25) is 0 Å². The Bertz CT molecular complexity index is 1410. The van der Waals surface area contributed by atoms with Gasteiger partial charge in [0, 0.05) is 31.0 Å². The van der Waals surface area contributed by atoms with Crippen LogP contribution >= 0.6 is 11.3 Å². The highest BCUT2D eigenvalue weighted by Gasteiger charge is 2.40. The van der Waals surface area contributed by atoms with E-state index < -0.39 is 28.7 Å². The molecule has 0 saturated carbocycles. The van der Waals surface area contributed by atoms with Crippen LogP contribution < -0.4 is 10.1 Å². The largest absolute Gasteiger partial charge is 0.497 e. The molecular formula is C29H29F3N4O2S. The van der Waals surface area contributed by atoms with E-state index in [4.69, 9.17) is 4.74 Å². The van der Waals surface area contributed by atoms with E-state index in [1.165, 1.54) is 7.11 Å². The van der Waals surface area contributed by atoms with Gasteiger partial charge in [-0.15, -0.1) is 11.3 Å². The number of halogens is 3. The summed E-state index contributed by atoms with van der Waals surface area (Å²) in [6.07, 6.45) is -1.33. The van der Waals surface area contributed by atoms with E-state index in [1.807, 2.05) is 31.2 Å². The average molecular weight is 555 g/mol. The van der Waals surface area contributed by atoms with Crippen LogP contribution in [-0.2, 0) is 19.3 Å². The van der Waals surface area contributed by atoms with Crippen molar-refractivity contribution in [2.24, 2.45) is 0 Å². The Hall–Kier alpha value is -3.76. The second kappa shape index (κ2) is 12.4. The quantitative estimate of drug-likeness (QED) is 0.235. The Morgan fingerprint density at radius 3 is 2.51 bits per heavy atom. The maximum Gasteiger partial charge on any atom is 0.435 e. The molecule has 1 N–H and O–H groups in total. The summed E-state index contributed by atoms with van der Waals surface area (Å²) in [5.41, 5.74) is 2.01. The van der Waals surface area contributed by atoms with Crippen LogP contribution in [0.15, 0.2) is 73.1 Å². The molecule has 0 aliphatic carbocycles. The predicted octanol–water partition coefficient (Wildman–Crippen LogP) is 6.75. The van der Waals surface area contributed by atoms with Gasteiger partial charge in [-0.05, 0) is 54.4 Å².